The molecule has 5 heteroatoms. The number of carboxylic acids is 1. The Labute approximate surface area is 87.3 Å². The van der Waals surface area contributed by atoms with Crippen LogP contribution in [0.3, 0.4) is 0 Å². The molecule has 0 saturated heterocycles. The number of phenolic OH excluding ortho intramolecular Hbond substituents is 1. The van der Waals surface area contributed by atoms with Crippen molar-refractivity contribution in [3.05, 3.63) is 18.2 Å². The van der Waals surface area contributed by atoms with Crippen LogP contribution in [0.1, 0.15) is 6.42 Å². The van der Waals surface area contributed by atoms with Crippen LogP contribution in [-0.2, 0) is 4.79 Å². The highest BCUT2D eigenvalue weighted by Crippen LogP contribution is 2.28. The largest absolute Gasteiger partial charge is 0.504 e. The molecule has 0 atom stereocenters. The lowest BCUT2D eigenvalue weighted by Crippen LogP contribution is -2.07. The first-order chi connectivity index (χ1) is 7.13. The summed E-state index contributed by atoms with van der Waals surface area (Å²) in [6.45, 7) is 0.321. The zero-order valence-electron chi connectivity index (χ0n) is 8.36. The molecule has 0 aliphatic carbocycles. The fourth-order valence-corrected chi connectivity index (χ4v) is 1.11. The third kappa shape index (κ3) is 3.38. The zero-order valence-corrected chi connectivity index (χ0v) is 8.36. The van der Waals surface area contributed by atoms with Crippen LogP contribution in [0.5, 0.6) is 11.5 Å². The van der Waals surface area contributed by atoms with E-state index in [0.717, 1.165) is 0 Å². The Bertz CT molecular complexity index is 351. The monoisotopic (exact) mass is 211 g/mol. The molecule has 1 rings (SSSR count). The Morgan fingerprint density at radius 3 is 2.80 bits per heavy atom. The number of carbonyl (C=O) groups is 1. The van der Waals surface area contributed by atoms with Crippen LogP contribution < -0.4 is 10.1 Å². The van der Waals surface area contributed by atoms with E-state index in [-0.39, 0.29) is 12.2 Å². The fraction of sp³-hybridized carbons (Fsp3) is 0.300. The summed E-state index contributed by atoms with van der Waals surface area (Å²) in [4.78, 5) is 10.2. The maximum atomic E-state index is 10.2. The number of hydrogen-bond acceptors (Lipinski definition) is 4. The minimum Gasteiger partial charge on any atom is -0.504 e. The van der Waals surface area contributed by atoms with Gasteiger partial charge in [0.15, 0.2) is 11.5 Å². The summed E-state index contributed by atoms with van der Waals surface area (Å²) in [5.74, 6) is -0.447. The summed E-state index contributed by atoms with van der Waals surface area (Å²) in [5.41, 5.74) is 0.662. The first-order valence-electron chi connectivity index (χ1n) is 4.46. The van der Waals surface area contributed by atoms with Crippen molar-refractivity contribution >= 4 is 11.7 Å². The van der Waals surface area contributed by atoms with Crippen molar-refractivity contribution in [2.75, 3.05) is 19.0 Å². The van der Waals surface area contributed by atoms with Crippen molar-refractivity contribution in [2.24, 2.45) is 0 Å². The standard InChI is InChI=1S/C10H13NO4/c1-15-9-3-2-7(6-8(9)12)11-5-4-10(13)14/h2-3,6,11-12H,4-5H2,1H3,(H,13,14). The van der Waals surface area contributed by atoms with Gasteiger partial charge >= 0.3 is 5.97 Å². The molecule has 0 aliphatic heterocycles. The van der Waals surface area contributed by atoms with Gasteiger partial charge < -0.3 is 20.3 Å². The molecule has 0 unspecified atom stereocenters. The SMILES string of the molecule is COc1ccc(NCCC(=O)O)cc1O. The summed E-state index contributed by atoms with van der Waals surface area (Å²) in [6, 6.07) is 4.81. The van der Waals surface area contributed by atoms with Crippen LogP contribution in [-0.4, -0.2) is 29.8 Å². The van der Waals surface area contributed by atoms with Crippen molar-refractivity contribution in [3.63, 3.8) is 0 Å². The van der Waals surface area contributed by atoms with Gasteiger partial charge in [0.2, 0.25) is 0 Å². The molecular formula is C10H13NO4. The molecular weight excluding hydrogens is 198 g/mol. The predicted octanol–water partition coefficient (Wildman–Crippen LogP) is 1.29. The highest BCUT2D eigenvalue weighted by Gasteiger charge is 2.02. The van der Waals surface area contributed by atoms with Gasteiger partial charge in [0.1, 0.15) is 0 Å². The minimum atomic E-state index is -0.861. The van der Waals surface area contributed by atoms with Crippen LogP contribution >= 0.6 is 0 Å². The quantitative estimate of drug-likeness (QED) is 0.683. The van der Waals surface area contributed by atoms with Crippen molar-refractivity contribution < 1.29 is 19.7 Å². The van der Waals surface area contributed by atoms with Crippen molar-refractivity contribution in [1.29, 1.82) is 0 Å². The molecule has 5 nitrogen and oxygen atoms in total. The van der Waals surface area contributed by atoms with Gasteiger partial charge in [-0.2, -0.15) is 0 Å². The first kappa shape index (κ1) is 11.2. The molecule has 1 aromatic carbocycles. The smallest absolute Gasteiger partial charge is 0.305 e. The van der Waals surface area contributed by atoms with Crippen LogP contribution in [0.4, 0.5) is 5.69 Å². The molecule has 0 fully saturated rings. The Morgan fingerprint density at radius 1 is 1.53 bits per heavy atom. The summed E-state index contributed by atoms with van der Waals surface area (Å²) >= 11 is 0. The molecule has 0 saturated carbocycles. The normalized spacial score (nSPS) is 9.67. The number of ether oxygens (including phenoxy) is 1. The average molecular weight is 211 g/mol. The molecule has 0 radical (unpaired) electrons. The summed E-state index contributed by atoms with van der Waals surface area (Å²) in [5, 5.41) is 20.7. The molecule has 0 aliphatic rings. The Balaban J connectivity index is 2.55. The maximum Gasteiger partial charge on any atom is 0.305 e. The summed E-state index contributed by atoms with van der Waals surface area (Å²) < 4.78 is 4.87. The second kappa shape index (κ2) is 5.09. The van der Waals surface area contributed by atoms with E-state index < -0.39 is 5.97 Å². The molecule has 82 valence electrons. The third-order valence-electron chi connectivity index (χ3n) is 1.85. The molecule has 3 N–H and O–H groups in total. The molecule has 0 spiro atoms. The number of rotatable bonds is 5. The lowest BCUT2D eigenvalue weighted by molar-refractivity contribution is -0.136. The zero-order chi connectivity index (χ0) is 11.3. The minimum absolute atomic E-state index is 0.0258. The molecule has 0 bridgehead atoms. The van der Waals surface area contributed by atoms with Crippen molar-refractivity contribution in [1.82, 2.24) is 0 Å². The maximum absolute atomic E-state index is 10.2. The molecule has 1 aromatic rings. The average Bonchev–Trinajstić information content (AvgIpc) is 2.17. The Kier molecular flexibility index (Phi) is 3.79. The van der Waals surface area contributed by atoms with Crippen LogP contribution in [0, 0.1) is 0 Å². The second-order valence-corrected chi connectivity index (χ2v) is 2.96. The predicted molar refractivity (Wildman–Crippen MR) is 55.4 cm³/mol. The van der Waals surface area contributed by atoms with E-state index in [1.54, 1.807) is 12.1 Å². The van der Waals surface area contributed by atoms with Gasteiger partial charge in [0.25, 0.3) is 0 Å². The summed E-state index contributed by atoms with van der Waals surface area (Å²) in [7, 11) is 1.46. The number of hydrogen-bond donors (Lipinski definition) is 3. The Morgan fingerprint density at radius 2 is 2.27 bits per heavy atom. The van der Waals surface area contributed by atoms with Crippen molar-refractivity contribution in [2.45, 2.75) is 6.42 Å². The number of benzene rings is 1. The highest BCUT2D eigenvalue weighted by atomic mass is 16.5. The van der Waals surface area contributed by atoms with Gasteiger partial charge in [-0.05, 0) is 12.1 Å². The molecule has 0 heterocycles. The number of anilines is 1. The Hall–Kier alpha value is -1.91. The van der Waals surface area contributed by atoms with Crippen LogP contribution in [0.2, 0.25) is 0 Å². The van der Waals surface area contributed by atoms with E-state index in [1.807, 2.05) is 0 Å². The van der Waals surface area contributed by atoms with Gasteiger partial charge in [-0.15, -0.1) is 0 Å². The number of nitrogens with one attached hydrogen (secondary N) is 1. The van der Waals surface area contributed by atoms with Crippen molar-refractivity contribution in [3.8, 4) is 11.5 Å². The van der Waals surface area contributed by atoms with E-state index in [1.165, 1.54) is 13.2 Å². The van der Waals surface area contributed by atoms with E-state index >= 15 is 0 Å². The third-order valence-corrected chi connectivity index (χ3v) is 1.85. The number of carboxylic acid groups (broad SMARTS) is 1. The number of phenols is 1. The number of methoxy groups -OCH3 is 1. The van der Waals surface area contributed by atoms with E-state index in [0.29, 0.717) is 18.0 Å². The summed E-state index contributed by atoms with van der Waals surface area (Å²) in [6.07, 6.45) is 0.0345. The topological polar surface area (TPSA) is 78.8 Å². The van der Waals surface area contributed by atoms with Crippen LogP contribution in [0.25, 0.3) is 0 Å². The fourth-order valence-electron chi connectivity index (χ4n) is 1.11. The van der Waals surface area contributed by atoms with Gasteiger partial charge in [0.05, 0.1) is 13.5 Å². The van der Waals surface area contributed by atoms with E-state index in [4.69, 9.17) is 9.84 Å². The molecule has 0 amide bonds. The van der Waals surface area contributed by atoms with Gasteiger partial charge in [-0.3, -0.25) is 4.79 Å². The van der Waals surface area contributed by atoms with E-state index in [2.05, 4.69) is 5.32 Å². The number of aromatic hydroxyl groups is 1. The van der Waals surface area contributed by atoms with Gasteiger partial charge in [-0.1, -0.05) is 0 Å². The van der Waals surface area contributed by atoms with Gasteiger partial charge in [0, 0.05) is 18.3 Å². The lowest BCUT2D eigenvalue weighted by Gasteiger charge is -2.07. The highest BCUT2D eigenvalue weighted by molar-refractivity contribution is 5.67. The molecule has 15 heavy (non-hydrogen) atoms. The second-order valence-electron chi connectivity index (χ2n) is 2.96. The van der Waals surface area contributed by atoms with Crippen LogP contribution in [0.15, 0.2) is 18.2 Å². The van der Waals surface area contributed by atoms with E-state index in [9.17, 15) is 9.90 Å². The molecule has 0 aromatic heterocycles. The first-order valence-corrected chi connectivity index (χ1v) is 4.46. The number of aliphatic carboxylic acids is 1. The van der Waals surface area contributed by atoms with Gasteiger partial charge in [-0.25, -0.2) is 0 Å². The lowest BCUT2D eigenvalue weighted by atomic mass is 10.2.